The summed E-state index contributed by atoms with van der Waals surface area (Å²) in [6.07, 6.45) is -0.183. The molecule has 4 N–H and O–H groups in total. The van der Waals surface area contributed by atoms with Gasteiger partial charge in [-0.1, -0.05) is 18.2 Å². The van der Waals surface area contributed by atoms with Crippen LogP contribution in [0.2, 0.25) is 0 Å². The molecule has 14 heavy (non-hydrogen) atoms. The van der Waals surface area contributed by atoms with Crippen molar-refractivity contribution < 1.29 is 15.0 Å². The van der Waals surface area contributed by atoms with Crippen LogP contribution >= 0.6 is 12.4 Å². The third kappa shape index (κ3) is 3.24. The van der Waals surface area contributed by atoms with E-state index in [0.717, 1.165) is 0 Å². The van der Waals surface area contributed by atoms with Crippen LogP contribution in [0, 0.1) is 0 Å². The Kier molecular flexibility index (Phi) is 4.97. The molecule has 1 unspecified atom stereocenters. The third-order valence-corrected chi connectivity index (χ3v) is 1.73. The molecule has 0 aliphatic carbocycles. The molecule has 0 spiro atoms. The minimum absolute atomic E-state index is 0. The summed E-state index contributed by atoms with van der Waals surface area (Å²) in [5.74, 6) is -0.938. The zero-order valence-corrected chi connectivity index (χ0v) is 8.20. The molecule has 0 aliphatic heterocycles. The number of rotatable bonds is 3. The van der Waals surface area contributed by atoms with Crippen molar-refractivity contribution in [3.8, 4) is 5.75 Å². The third-order valence-electron chi connectivity index (χ3n) is 1.73. The van der Waals surface area contributed by atoms with Gasteiger partial charge in [-0.3, -0.25) is 4.79 Å². The minimum atomic E-state index is -0.976. The topological polar surface area (TPSA) is 83.6 Å². The molecule has 0 amide bonds. The molecule has 0 aliphatic rings. The molecule has 1 atom stereocenters. The van der Waals surface area contributed by atoms with Gasteiger partial charge >= 0.3 is 5.97 Å². The Balaban J connectivity index is 0.00000169. The average Bonchev–Trinajstić information content (AvgIpc) is 2.03. The van der Waals surface area contributed by atoms with E-state index in [9.17, 15) is 9.90 Å². The normalized spacial score (nSPS) is 11.5. The van der Waals surface area contributed by atoms with Gasteiger partial charge in [-0.15, -0.1) is 12.4 Å². The number of para-hydroxylation sites is 1. The van der Waals surface area contributed by atoms with Crippen molar-refractivity contribution in [3.05, 3.63) is 29.8 Å². The first-order valence-electron chi connectivity index (χ1n) is 3.86. The van der Waals surface area contributed by atoms with Crippen molar-refractivity contribution in [1.29, 1.82) is 0 Å². The maximum Gasteiger partial charge on any atom is 0.305 e. The first-order valence-corrected chi connectivity index (χ1v) is 3.86. The molecule has 0 saturated heterocycles. The standard InChI is InChI=1S/C9H11NO3.ClH/c10-7(5-9(12)13)6-3-1-2-4-8(6)11;/h1-4,7,11H,5,10H2,(H,12,13);1H. The number of aliphatic carboxylic acids is 1. The van der Waals surface area contributed by atoms with E-state index in [0.29, 0.717) is 5.56 Å². The van der Waals surface area contributed by atoms with E-state index in [-0.39, 0.29) is 24.6 Å². The maximum atomic E-state index is 10.3. The second-order valence-electron chi connectivity index (χ2n) is 2.76. The van der Waals surface area contributed by atoms with Crippen LogP contribution in [0.25, 0.3) is 0 Å². The van der Waals surface area contributed by atoms with Crippen LogP contribution < -0.4 is 5.73 Å². The van der Waals surface area contributed by atoms with Gasteiger partial charge in [0.15, 0.2) is 0 Å². The number of carboxylic acids is 1. The van der Waals surface area contributed by atoms with Gasteiger partial charge in [0.1, 0.15) is 5.75 Å². The molecule has 0 bridgehead atoms. The van der Waals surface area contributed by atoms with Crippen molar-refractivity contribution >= 4 is 18.4 Å². The number of nitrogens with two attached hydrogens (primary N) is 1. The van der Waals surface area contributed by atoms with E-state index in [1.807, 2.05) is 0 Å². The Labute approximate surface area is 87.8 Å². The number of phenolic OH excluding ortho intramolecular Hbond substituents is 1. The number of carbonyl (C=O) groups is 1. The lowest BCUT2D eigenvalue weighted by atomic mass is 10.0. The largest absolute Gasteiger partial charge is 0.508 e. The summed E-state index contributed by atoms with van der Waals surface area (Å²) in [6, 6.07) is 5.81. The molecule has 0 fully saturated rings. The van der Waals surface area contributed by atoms with Gasteiger partial charge < -0.3 is 15.9 Å². The Morgan fingerprint density at radius 2 is 2.00 bits per heavy atom. The van der Waals surface area contributed by atoms with Crippen molar-refractivity contribution in [1.82, 2.24) is 0 Å². The van der Waals surface area contributed by atoms with E-state index < -0.39 is 12.0 Å². The molecular formula is C9H12ClNO3. The quantitative estimate of drug-likeness (QED) is 0.713. The molecule has 0 heterocycles. The van der Waals surface area contributed by atoms with E-state index >= 15 is 0 Å². The lowest BCUT2D eigenvalue weighted by Gasteiger charge is -2.10. The summed E-state index contributed by atoms with van der Waals surface area (Å²) in [5, 5.41) is 17.8. The molecule has 1 aromatic carbocycles. The summed E-state index contributed by atoms with van der Waals surface area (Å²) < 4.78 is 0. The first kappa shape index (κ1) is 12.7. The second-order valence-corrected chi connectivity index (χ2v) is 2.76. The van der Waals surface area contributed by atoms with Gasteiger partial charge in [0.05, 0.1) is 6.42 Å². The fourth-order valence-electron chi connectivity index (χ4n) is 1.10. The first-order chi connectivity index (χ1) is 6.11. The minimum Gasteiger partial charge on any atom is -0.508 e. The fraction of sp³-hybridized carbons (Fsp3) is 0.222. The van der Waals surface area contributed by atoms with E-state index in [1.165, 1.54) is 6.07 Å². The van der Waals surface area contributed by atoms with Crippen molar-refractivity contribution in [3.63, 3.8) is 0 Å². The molecular weight excluding hydrogens is 206 g/mol. The van der Waals surface area contributed by atoms with Crippen molar-refractivity contribution in [2.45, 2.75) is 12.5 Å². The Bertz CT molecular complexity index is 317. The highest BCUT2D eigenvalue weighted by Gasteiger charge is 2.13. The summed E-state index contributed by atoms with van der Waals surface area (Å²) in [6.45, 7) is 0. The van der Waals surface area contributed by atoms with Gasteiger partial charge in [0.2, 0.25) is 0 Å². The van der Waals surface area contributed by atoms with Crippen LogP contribution in [0.3, 0.4) is 0 Å². The number of hydrogen-bond acceptors (Lipinski definition) is 3. The lowest BCUT2D eigenvalue weighted by Crippen LogP contribution is -2.14. The van der Waals surface area contributed by atoms with E-state index in [4.69, 9.17) is 10.8 Å². The van der Waals surface area contributed by atoms with E-state index in [1.54, 1.807) is 18.2 Å². The number of hydrogen-bond donors (Lipinski definition) is 3. The molecule has 4 nitrogen and oxygen atoms in total. The molecule has 5 heteroatoms. The van der Waals surface area contributed by atoms with Crippen LogP contribution in [0.5, 0.6) is 5.75 Å². The Morgan fingerprint density at radius 3 is 2.50 bits per heavy atom. The van der Waals surface area contributed by atoms with Crippen LogP contribution in [-0.4, -0.2) is 16.2 Å². The van der Waals surface area contributed by atoms with Gasteiger partial charge in [-0.05, 0) is 6.07 Å². The van der Waals surface area contributed by atoms with Crippen LogP contribution in [0.1, 0.15) is 18.0 Å². The number of phenols is 1. The number of carboxylic acid groups (broad SMARTS) is 1. The summed E-state index contributed by atoms with van der Waals surface area (Å²) in [7, 11) is 0. The van der Waals surface area contributed by atoms with Crippen molar-refractivity contribution in [2.75, 3.05) is 0 Å². The van der Waals surface area contributed by atoms with Crippen molar-refractivity contribution in [2.24, 2.45) is 5.73 Å². The highest BCUT2D eigenvalue weighted by atomic mass is 35.5. The van der Waals surface area contributed by atoms with Gasteiger partial charge in [-0.25, -0.2) is 0 Å². The molecule has 0 aromatic heterocycles. The number of aromatic hydroxyl groups is 1. The average molecular weight is 218 g/mol. The smallest absolute Gasteiger partial charge is 0.305 e. The Hall–Kier alpha value is -1.26. The summed E-state index contributed by atoms with van der Waals surface area (Å²) >= 11 is 0. The summed E-state index contributed by atoms with van der Waals surface area (Å²) in [5.41, 5.74) is 6.02. The van der Waals surface area contributed by atoms with Gasteiger partial charge in [0, 0.05) is 11.6 Å². The molecule has 78 valence electrons. The second kappa shape index (κ2) is 5.47. The predicted octanol–water partition coefficient (Wildman–Crippen LogP) is 1.29. The van der Waals surface area contributed by atoms with E-state index in [2.05, 4.69) is 0 Å². The SMILES string of the molecule is Cl.NC(CC(=O)O)c1ccccc1O. The maximum absolute atomic E-state index is 10.3. The summed E-state index contributed by atoms with van der Waals surface area (Å²) in [4.78, 5) is 10.3. The zero-order chi connectivity index (χ0) is 9.84. The molecule has 0 radical (unpaired) electrons. The fourth-order valence-corrected chi connectivity index (χ4v) is 1.10. The number of halogens is 1. The molecule has 1 rings (SSSR count). The van der Waals surface area contributed by atoms with Gasteiger partial charge in [0.25, 0.3) is 0 Å². The lowest BCUT2D eigenvalue weighted by molar-refractivity contribution is -0.137. The van der Waals surface area contributed by atoms with Crippen LogP contribution in [-0.2, 0) is 4.79 Å². The molecule has 1 aromatic rings. The van der Waals surface area contributed by atoms with Crippen LogP contribution in [0.4, 0.5) is 0 Å². The number of benzene rings is 1. The highest BCUT2D eigenvalue weighted by Crippen LogP contribution is 2.23. The van der Waals surface area contributed by atoms with Gasteiger partial charge in [-0.2, -0.15) is 0 Å². The molecule has 0 saturated carbocycles. The van der Waals surface area contributed by atoms with Crippen LogP contribution in [0.15, 0.2) is 24.3 Å². The predicted molar refractivity (Wildman–Crippen MR) is 54.5 cm³/mol. The zero-order valence-electron chi connectivity index (χ0n) is 7.38. The highest BCUT2D eigenvalue weighted by molar-refractivity contribution is 5.85. The Morgan fingerprint density at radius 1 is 1.43 bits per heavy atom. The monoisotopic (exact) mass is 217 g/mol.